The lowest BCUT2D eigenvalue weighted by Gasteiger charge is -2.25. The molecule has 0 aliphatic carbocycles. The summed E-state index contributed by atoms with van der Waals surface area (Å²) in [5.41, 5.74) is 0.379. The van der Waals surface area contributed by atoms with Crippen molar-refractivity contribution in [1.82, 2.24) is 5.32 Å². The van der Waals surface area contributed by atoms with Crippen LogP contribution in [-0.4, -0.2) is 31.7 Å². The van der Waals surface area contributed by atoms with Crippen LogP contribution in [0.15, 0.2) is 36.0 Å². The molecule has 0 fully saturated rings. The molecule has 6 heteroatoms. The van der Waals surface area contributed by atoms with E-state index in [4.69, 9.17) is 9.47 Å². The van der Waals surface area contributed by atoms with Crippen LogP contribution in [0.3, 0.4) is 0 Å². The Labute approximate surface area is 116 Å². The highest BCUT2D eigenvalue weighted by Gasteiger charge is 2.27. The SMILES string of the molecule is COC(=O)/C=C(\C)NC(=O)C1COc2ccccc2O1. The topological polar surface area (TPSA) is 73.9 Å². The van der Waals surface area contributed by atoms with Gasteiger partial charge in [-0.05, 0) is 19.1 Å². The van der Waals surface area contributed by atoms with Crippen LogP contribution in [0.4, 0.5) is 0 Å². The second kappa shape index (κ2) is 6.10. The van der Waals surface area contributed by atoms with Crippen molar-refractivity contribution in [3.05, 3.63) is 36.0 Å². The number of rotatable bonds is 3. The molecule has 0 radical (unpaired) electrons. The van der Waals surface area contributed by atoms with Crippen LogP contribution in [0, 0.1) is 0 Å². The Bertz CT molecular complexity index is 552. The van der Waals surface area contributed by atoms with Crippen LogP contribution in [0.1, 0.15) is 6.92 Å². The molecule has 0 bridgehead atoms. The van der Waals surface area contributed by atoms with E-state index in [1.165, 1.54) is 13.2 Å². The number of hydrogen-bond acceptors (Lipinski definition) is 5. The lowest BCUT2D eigenvalue weighted by molar-refractivity contribution is -0.134. The van der Waals surface area contributed by atoms with E-state index in [9.17, 15) is 9.59 Å². The number of carbonyl (C=O) groups is 2. The number of esters is 1. The number of para-hydroxylation sites is 2. The second-order valence-corrected chi connectivity index (χ2v) is 4.20. The van der Waals surface area contributed by atoms with Crippen molar-refractivity contribution in [1.29, 1.82) is 0 Å². The van der Waals surface area contributed by atoms with Crippen LogP contribution in [0.2, 0.25) is 0 Å². The normalized spacial score (nSPS) is 17.3. The van der Waals surface area contributed by atoms with E-state index < -0.39 is 12.1 Å². The van der Waals surface area contributed by atoms with Gasteiger partial charge in [-0.3, -0.25) is 4.79 Å². The standard InChI is InChI=1S/C14H15NO5/c1-9(7-13(16)18-2)15-14(17)12-8-19-10-5-3-4-6-11(10)20-12/h3-7,12H,8H2,1-2H3,(H,15,17)/b9-7+. The number of benzene rings is 1. The molecule has 1 unspecified atom stereocenters. The molecular formula is C14H15NO5. The van der Waals surface area contributed by atoms with Crippen molar-refractivity contribution >= 4 is 11.9 Å². The molecule has 0 saturated heterocycles. The number of fused-ring (bicyclic) bond motifs is 1. The van der Waals surface area contributed by atoms with Gasteiger partial charge >= 0.3 is 5.97 Å². The van der Waals surface area contributed by atoms with Gasteiger partial charge in [0.25, 0.3) is 5.91 Å². The average molecular weight is 277 g/mol. The van der Waals surface area contributed by atoms with E-state index >= 15 is 0 Å². The predicted molar refractivity (Wildman–Crippen MR) is 70.3 cm³/mol. The summed E-state index contributed by atoms with van der Waals surface area (Å²) in [6.45, 7) is 1.71. The Morgan fingerprint density at radius 3 is 2.75 bits per heavy atom. The maximum atomic E-state index is 12.0. The summed E-state index contributed by atoms with van der Waals surface area (Å²) in [7, 11) is 1.27. The molecule has 1 aromatic carbocycles. The molecule has 1 amide bonds. The number of amides is 1. The molecule has 20 heavy (non-hydrogen) atoms. The molecule has 2 rings (SSSR count). The van der Waals surface area contributed by atoms with E-state index in [1.807, 2.05) is 6.07 Å². The van der Waals surface area contributed by atoms with Crippen molar-refractivity contribution in [3.8, 4) is 11.5 Å². The third-order valence-electron chi connectivity index (χ3n) is 2.66. The smallest absolute Gasteiger partial charge is 0.332 e. The highest BCUT2D eigenvalue weighted by Crippen LogP contribution is 2.30. The Hall–Kier alpha value is -2.50. The van der Waals surface area contributed by atoms with Gasteiger partial charge in [0, 0.05) is 11.8 Å². The molecule has 1 aliphatic rings. The Kier molecular flexibility index (Phi) is 4.24. The fraction of sp³-hybridized carbons (Fsp3) is 0.286. The first kappa shape index (κ1) is 13.9. The maximum absolute atomic E-state index is 12.0. The molecule has 1 N–H and O–H groups in total. The summed E-state index contributed by atoms with van der Waals surface area (Å²) >= 11 is 0. The zero-order valence-corrected chi connectivity index (χ0v) is 11.2. The zero-order chi connectivity index (χ0) is 14.5. The molecule has 0 spiro atoms. The van der Waals surface area contributed by atoms with Gasteiger partial charge in [-0.2, -0.15) is 0 Å². The van der Waals surface area contributed by atoms with Gasteiger partial charge in [-0.1, -0.05) is 12.1 Å². The summed E-state index contributed by atoms with van der Waals surface area (Å²) in [5.74, 6) is 0.220. The number of ether oxygens (including phenoxy) is 3. The lowest BCUT2D eigenvalue weighted by atomic mass is 10.2. The summed E-state index contributed by atoms with van der Waals surface area (Å²) in [4.78, 5) is 23.0. The third kappa shape index (κ3) is 3.28. The number of allylic oxidation sites excluding steroid dienone is 1. The van der Waals surface area contributed by atoms with Crippen molar-refractivity contribution in [2.75, 3.05) is 13.7 Å². The Morgan fingerprint density at radius 2 is 2.05 bits per heavy atom. The number of nitrogens with one attached hydrogen (secondary N) is 1. The van der Waals surface area contributed by atoms with Gasteiger partial charge in [-0.15, -0.1) is 0 Å². The van der Waals surface area contributed by atoms with Crippen molar-refractivity contribution < 1.29 is 23.8 Å². The number of methoxy groups -OCH3 is 1. The highest BCUT2D eigenvalue weighted by molar-refractivity contribution is 5.86. The Balaban J connectivity index is 1.98. The predicted octanol–water partition coefficient (Wildman–Crippen LogP) is 1.02. The quantitative estimate of drug-likeness (QED) is 0.659. The fourth-order valence-corrected chi connectivity index (χ4v) is 1.70. The van der Waals surface area contributed by atoms with E-state index in [2.05, 4.69) is 10.1 Å². The number of carbonyl (C=O) groups excluding carboxylic acids is 2. The fourth-order valence-electron chi connectivity index (χ4n) is 1.70. The van der Waals surface area contributed by atoms with E-state index in [-0.39, 0.29) is 12.5 Å². The summed E-state index contributed by atoms with van der Waals surface area (Å²) < 4.78 is 15.5. The van der Waals surface area contributed by atoms with Gasteiger partial charge in [0.2, 0.25) is 6.10 Å². The van der Waals surface area contributed by atoms with Gasteiger partial charge in [-0.25, -0.2) is 4.79 Å². The molecule has 1 atom stereocenters. The number of hydrogen-bond donors (Lipinski definition) is 1. The van der Waals surface area contributed by atoms with Crippen molar-refractivity contribution in [3.63, 3.8) is 0 Å². The summed E-state index contributed by atoms with van der Waals surface area (Å²) in [6, 6.07) is 7.12. The van der Waals surface area contributed by atoms with Gasteiger partial charge in [0.05, 0.1) is 7.11 Å². The first-order chi connectivity index (χ1) is 9.60. The molecule has 1 aromatic rings. The molecule has 1 heterocycles. The van der Waals surface area contributed by atoms with Crippen molar-refractivity contribution in [2.24, 2.45) is 0 Å². The molecule has 0 saturated carbocycles. The summed E-state index contributed by atoms with van der Waals surface area (Å²) in [5, 5.41) is 2.56. The molecule has 6 nitrogen and oxygen atoms in total. The minimum absolute atomic E-state index is 0.119. The van der Waals surface area contributed by atoms with Crippen LogP contribution in [0.25, 0.3) is 0 Å². The van der Waals surface area contributed by atoms with Crippen LogP contribution in [0.5, 0.6) is 11.5 Å². The lowest BCUT2D eigenvalue weighted by Crippen LogP contribution is -2.43. The second-order valence-electron chi connectivity index (χ2n) is 4.20. The molecular weight excluding hydrogens is 262 g/mol. The first-order valence-electron chi connectivity index (χ1n) is 6.05. The van der Waals surface area contributed by atoms with Crippen LogP contribution < -0.4 is 14.8 Å². The minimum atomic E-state index is -0.758. The maximum Gasteiger partial charge on any atom is 0.332 e. The zero-order valence-electron chi connectivity index (χ0n) is 11.2. The third-order valence-corrected chi connectivity index (χ3v) is 2.66. The van der Waals surface area contributed by atoms with Gasteiger partial charge in [0.1, 0.15) is 6.61 Å². The Morgan fingerprint density at radius 1 is 1.35 bits per heavy atom. The van der Waals surface area contributed by atoms with Gasteiger partial charge in [0.15, 0.2) is 11.5 Å². The van der Waals surface area contributed by atoms with Crippen LogP contribution in [-0.2, 0) is 14.3 Å². The minimum Gasteiger partial charge on any atom is -0.485 e. The summed E-state index contributed by atoms with van der Waals surface area (Å²) in [6.07, 6.45) is 0.432. The monoisotopic (exact) mass is 277 g/mol. The van der Waals surface area contributed by atoms with E-state index in [0.717, 1.165) is 0 Å². The average Bonchev–Trinajstić information content (AvgIpc) is 2.46. The van der Waals surface area contributed by atoms with Crippen molar-refractivity contribution in [2.45, 2.75) is 13.0 Å². The molecule has 1 aliphatic heterocycles. The van der Waals surface area contributed by atoms with E-state index in [0.29, 0.717) is 17.2 Å². The van der Waals surface area contributed by atoms with Gasteiger partial charge < -0.3 is 19.5 Å². The molecule has 0 aromatic heterocycles. The first-order valence-corrected chi connectivity index (χ1v) is 6.05. The largest absolute Gasteiger partial charge is 0.485 e. The molecule has 106 valence electrons. The van der Waals surface area contributed by atoms with E-state index in [1.54, 1.807) is 25.1 Å². The van der Waals surface area contributed by atoms with Crippen LogP contribution >= 0.6 is 0 Å². The highest BCUT2D eigenvalue weighted by atomic mass is 16.6.